The molecule has 0 radical (unpaired) electrons. The lowest BCUT2D eigenvalue weighted by Crippen LogP contribution is -2.15. The van der Waals surface area contributed by atoms with Crippen LogP contribution in [0.4, 0.5) is 0 Å². The predicted molar refractivity (Wildman–Crippen MR) is 65.3 cm³/mol. The van der Waals surface area contributed by atoms with Crippen LogP contribution >= 0.6 is 0 Å². The Bertz CT molecular complexity index is 546. The molecule has 1 aromatic carbocycles. The van der Waals surface area contributed by atoms with E-state index in [0.717, 1.165) is 0 Å². The Morgan fingerprint density at radius 2 is 1.84 bits per heavy atom. The quantitative estimate of drug-likeness (QED) is 0.798. The molecule has 0 fully saturated rings. The molecule has 1 aromatic rings. The molecule has 6 nitrogen and oxygen atoms in total. The van der Waals surface area contributed by atoms with E-state index in [1.54, 1.807) is 18.2 Å². The van der Waals surface area contributed by atoms with Crippen LogP contribution in [0.25, 0.3) is 6.08 Å². The largest absolute Gasteiger partial charge is 0.486 e. The Balaban J connectivity index is 2.29. The zero-order valence-electron chi connectivity index (χ0n) is 9.96. The second-order valence-corrected chi connectivity index (χ2v) is 3.95. The normalized spacial score (nSPS) is 14.0. The SMILES string of the molecule is O=C(O)C/C(=C\c1ccc2c(c1)OCCO2)C(=O)O. The molecule has 0 atom stereocenters. The minimum Gasteiger partial charge on any atom is -0.486 e. The van der Waals surface area contributed by atoms with E-state index >= 15 is 0 Å². The molecule has 0 aliphatic carbocycles. The van der Waals surface area contributed by atoms with Crippen molar-refractivity contribution < 1.29 is 29.3 Å². The van der Waals surface area contributed by atoms with Gasteiger partial charge in [0.1, 0.15) is 13.2 Å². The molecule has 19 heavy (non-hydrogen) atoms. The molecular formula is C13H12O6. The van der Waals surface area contributed by atoms with Gasteiger partial charge in [-0.05, 0) is 23.8 Å². The molecule has 0 saturated heterocycles. The van der Waals surface area contributed by atoms with Gasteiger partial charge in [-0.15, -0.1) is 0 Å². The van der Waals surface area contributed by atoms with E-state index in [-0.39, 0.29) is 5.57 Å². The maximum atomic E-state index is 10.9. The molecule has 0 amide bonds. The highest BCUT2D eigenvalue weighted by atomic mass is 16.6. The van der Waals surface area contributed by atoms with Crippen molar-refractivity contribution in [2.75, 3.05) is 13.2 Å². The van der Waals surface area contributed by atoms with Gasteiger partial charge in [0.2, 0.25) is 0 Å². The fourth-order valence-corrected chi connectivity index (χ4v) is 1.70. The predicted octanol–water partition coefficient (Wildman–Crippen LogP) is 1.40. The average molecular weight is 264 g/mol. The first kappa shape index (κ1) is 12.9. The molecule has 0 saturated carbocycles. The number of hydrogen-bond donors (Lipinski definition) is 2. The van der Waals surface area contributed by atoms with Crippen LogP contribution in [-0.4, -0.2) is 35.4 Å². The van der Waals surface area contributed by atoms with Crippen LogP contribution in [-0.2, 0) is 9.59 Å². The summed E-state index contributed by atoms with van der Waals surface area (Å²) in [6.45, 7) is 0.905. The van der Waals surface area contributed by atoms with Crippen molar-refractivity contribution in [2.45, 2.75) is 6.42 Å². The average Bonchev–Trinajstić information content (AvgIpc) is 2.37. The van der Waals surface area contributed by atoms with Crippen molar-refractivity contribution in [3.63, 3.8) is 0 Å². The summed E-state index contributed by atoms with van der Waals surface area (Å²) in [5.74, 6) is -1.32. The number of carboxylic acids is 2. The summed E-state index contributed by atoms with van der Waals surface area (Å²) < 4.78 is 10.7. The lowest BCUT2D eigenvalue weighted by Gasteiger charge is -2.18. The van der Waals surface area contributed by atoms with E-state index in [4.69, 9.17) is 19.7 Å². The fraction of sp³-hybridized carbons (Fsp3) is 0.231. The summed E-state index contributed by atoms with van der Waals surface area (Å²) in [4.78, 5) is 21.5. The second-order valence-electron chi connectivity index (χ2n) is 3.95. The van der Waals surface area contributed by atoms with Crippen LogP contribution in [0.5, 0.6) is 11.5 Å². The summed E-state index contributed by atoms with van der Waals surface area (Å²) in [7, 11) is 0. The summed E-state index contributed by atoms with van der Waals surface area (Å²) in [5.41, 5.74) is 0.368. The number of fused-ring (bicyclic) bond motifs is 1. The summed E-state index contributed by atoms with van der Waals surface area (Å²) in [6.07, 6.45) is 0.776. The lowest BCUT2D eigenvalue weighted by molar-refractivity contribution is -0.139. The Hall–Kier alpha value is -2.50. The van der Waals surface area contributed by atoms with Gasteiger partial charge in [-0.1, -0.05) is 6.07 Å². The number of benzene rings is 1. The zero-order chi connectivity index (χ0) is 13.8. The van der Waals surface area contributed by atoms with Crippen molar-refractivity contribution in [1.82, 2.24) is 0 Å². The first-order chi connectivity index (χ1) is 9.06. The summed E-state index contributed by atoms with van der Waals surface area (Å²) in [6, 6.07) is 4.94. The molecular weight excluding hydrogens is 252 g/mol. The monoisotopic (exact) mass is 264 g/mol. The maximum Gasteiger partial charge on any atom is 0.332 e. The van der Waals surface area contributed by atoms with Gasteiger partial charge in [-0.25, -0.2) is 4.79 Å². The van der Waals surface area contributed by atoms with Crippen molar-refractivity contribution in [1.29, 1.82) is 0 Å². The summed E-state index contributed by atoms with van der Waals surface area (Å²) in [5, 5.41) is 17.6. The molecule has 1 heterocycles. The van der Waals surface area contributed by atoms with Crippen molar-refractivity contribution in [3.05, 3.63) is 29.3 Å². The van der Waals surface area contributed by atoms with Crippen molar-refractivity contribution in [2.24, 2.45) is 0 Å². The van der Waals surface area contributed by atoms with Crippen LogP contribution in [0, 0.1) is 0 Å². The topological polar surface area (TPSA) is 93.1 Å². The molecule has 1 aliphatic heterocycles. The fourth-order valence-electron chi connectivity index (χ4n) is 1.70. The summed E-state index contributed by atoms with van der Waals surface area (Å²) >= 11 is 0. The Morgan fingerprint density at radius 1 is 1.16 bits per heavy atom. The van der Waals surface area contributed by atoms with E-state index in [9.17, 15) is 9.59 Å². The minimum atomic E-state index is -1.25. The van der Waals surface area contributed by atoms with Crippen LogP contribution in [0.2, 0.25) is 0 Å². The van der Waals surface area contributed by atoms with Crippen LogP contribution in [0.15, 0.2) is 23.8 Å². The van der Waals surface area contributed by atoms with Gasteiger partial charge in [0.15, 0.2) is 11.5 Å². The van der Waals surface area contributed by atoms with E-state index < -0.39 is 18.4 Å². The van der Waals surface area contributed by atoms with Crippen molar-refractivity contribution >= 4 is 18.0 Å². The third-order valence-electron chi connectivity index (χ3n) is 2.52. The molecule has 100 valence electrons. The molecule has 2 N–H and O–H groups in total. The highest BCUT2D eigenvalue weighted by Gasteiger charge is 2.14. The molecule has 1 aliphatic rings. The third-order valence-corrected chi connectivity index (χ3v) is 2.52. The van der Waals surface area contributed by atoms with Gasteiger partial charge in [0.25, 0.3) is 0 Å². The van der Waals surface area contributed by atoms with Crippen molar-refractivity contribution in [3.8, 4) is 11.5 Å². The van der Waals surface area contributed by atoms with E-state index in [1.807, 2.05) is 0 Å². The Morgan fingerprint density at radius 3 is 2.47 bits per heavy atom. The smallest absolute Gasteiger partial charge is 0.332 e. The van der Waals surface area contributed by atoms with Gasteiger partial charge < -0.3 is 19.7 Å². The highest BCUT2D eigenvalue weighted by molar-refractivity contribution is 5.96. The van der Waals surface area contributed by atoms with Crippen LogP contribution in [0.1, 0.15) is 12.0 Å². The Kier molecular flexibility index (Phi) is 3.70. The molecule has 0 spiro atoms. The number of hydrogen-bond acceptors (Lipinski definition) is 4. The van der Waals surface area contributed by atoms with Crippen LogP contribution < -0.4 is 9.47 Å². The molecule has 2 rings (SSSR count). The zero-order valence-corrected chi connectivity index (χ0v) is 9.96. The highest BCUT2D eigenvalue weighted by Crippen LogP contribution is 2.31. The number of rotatable bonds is 4. The van der Waals surface area contributed by atoms with Gasteiger partial charge in [-0.3, -0.25) is 4.79 Å². The van der Waals surface area contributed by atoms with E-state index in [1.165, 1.54) is 6.08 Å². The molecule has 0 bridgehead atoms. The minimum absolute atomic E-state index is 0.191. The second kappa shape index (κ2) is 5.43. The first-order valence-electron chi connectivity index (χ1n) is 5.61. The van der Waals surface area contributed by atoms with Gasteiger partial charge in [0.05, 0.1) is 6.42 Å². The number of carbonyl (C=O) groups is 2. The van der Waals surface area contributed by atoms with Crippen LogP contribution in [0.3, 0.4) is 0 Å². The van der Waals surface area contributed by atoms with Gasteiger partial charge >= 0.3 is 11.9 Å². The lowest BCUT2D eigenvalue weighted by atomic mass is 10.1. The van der Waals surface area contributed by atoms with Gasteiger partial charge in [0, 0.05) is 5.57 Å². The first-order valence-corrected chi connectivity index (χ1v) is 5.61. The maximum absolute atomic E-state index is 10.9. The standard InChI is InChI=1S/C13H12O6/c14-12(15)7-9(13(16)17)5-8-1-2-10-11(6-8)19-4-3-18-10/h1-2,5-6H,3-4,7H2,(H,14,15)(H,16,17)/b9-5+. The molecule has 0 unspecified atom stereocenters. The third kappa shape index (κ3) is 3.25. The number of aliphatic carboxylic acids is 2. The number of carboxylic acid groups (broad SMARTS) is 2. The van der Waals surface area contributed by atoms with E-state index in [0.29, 0.717) is 30.3 Å². The van der Waals surface area contributed by atoms with Gasteiger partial charge in [-0.2, -0.15) is 0 Å². The Labute approximate surface area is 108 Å². The number of ether oxygens (including phenoxy) is 2. The molecule has 0 aromatic heterocycles. The molecule has 6 heteroatoms. The van der Waals surface area contributed by atoms with E-state index in [2.05, 4.69) is 0 Å².